The molecule has 114 valence electrons. The average Bonchev–Trinajstić information content (AvgIpc) is 2.51. The number of likely N-dealkylation sites (N-methyl/N-ethyl adjacent to an activating group) is 1. The van der Waals surface area contributed by atoms with Crippen LogP contribution in [0.5, 0.6) is 0 Å². The van der Waals surface area contributed by atoms with Crippen LogP contribution in [0.25, 0.3) is 0 Å². The molecule has 1 heterocycles. The molecule has 1 aliphatic heterocycles. The van der Waals surface area contributed by atoms with E-state index in [1.807, 2.05) is 0 Å². The van der Waals surface area contributed by atoms with E-state index < -0.39 is 0 Å². The summed E-state index contributed by atoms with van der Waals surface area (Å²) in [6.45, 7) is 13.8. The van der Waals surface area contributed by atoms with E-state index >= 15 is 0 Å². The Morgan fingerprint density at radius 1 is 1.26 bits per heavy atom. The summed E-state index contributed by atoms with van der Waals surface area (Å²) in [6.07, 6.45) is 1.06. The van der Waals surface area contributed by atoms with Gasteiger partial charge in [-0.25, -0.2) is 0 Å². The molecule has 1 N–H and O–H groups in total. The van der Waals surface area contributed by atoms with Crippen molar-refractivity contribution >= 4 is 0 Å². The van der Waals surface area contributed by atoms with Crippen LogP contribution in [0, 0.1) is 5.92 Å². The van der Waals surface area contributed by atoms with Crippen molar-refractivity contribution in [3.8, 4) is 0 Å². The fourth-order valence-corrected chi connectivity index (χ4v) is 3.16. The highest BCUT2D eigenvalue weighted by atomic mass is 16.5. The van der Waals surface area contributed by atoms with Gasteiger partial charge in [-0.3, -0.25) is 0 Å². The van der Waals surface area contributed by atoms with Gasteiger partial charge in [-0.05, 0) is 40.7 Å². The normalized spacial score (nSPS) is 26.5. The molecule has 1 rings (SSSR count). The average molecular weight is 273 g/mol. The van der Waals surface area contributed by atoms with Gasteiger partial charge in [0, 0.05) is 19.1 Å². The van der Waals surface area contributed by atoms with E-state index in [-0.39, 0.29) is 11.2 Å². The van der Waals surface area contributed by atoms with Crippen LogP contribution >= 0.6 is 0 Å². The standard InChI is InChI=1S/C15H31NO3/c1-7-16-13(11-18-9-8-17-6)12-10-14(2,3)19-15(12,4)5/h12-13,16H,7-11H2,1-6H3. The first-order valence-corrected chi connectivity index (χ1v) is 7.32. The highest BCUT2D eigenvalue weighted by molar-refractivity contribution is 4.99. The molecule has 4 nitrogen and oxygen atoms in total. The second-order valence-corrected chi connectivity index (χ2v) is 6.51. The third-order valence-corrected chi connectivity index (χ3v) is 3.83. The van der Waals surface area contributed by atoms with E-state index in [1.165, 1.54) is 0 Å². The second-order valence-electron chi connectivity index (χ2n) is 6.51. The fourth-order valence-electron chi connectivity index (χ4n) is 3.16. The van der Waals surface area contributed by atoms with Crippen molar-refractivity contribution in [3.05, 3.63) is 0 Å². The lowest BCUT2D eigenvalue weighted by Crippen LogP contribution is -2.47. The van der Waals surface area contributed by atoms with Crippen molar-refractivity contribution in [1.82, 2.24) is 5.32 Å². The van der Waals surface area contributed by atoms with Crippen molar-refractivity contribution in [3.63, 3.8) is 0 Å². The molecule has 0 aromatic heterocycles. The number of methoxy groups -OCH3 is 1. The van der Waals surface area contributed by atoms with Crippen molar-refractivity contribution in [2.75, 3.05) is 33.5 Å². The molecule has 1 saturated heterocycles. The number of hydrogen-bond acceptors (Lipinski definition) is 4. The van der Waals surface area contributed by atoms with E-state index in [0.29, 0.717) is 31.8 Å². The summed E-state index contributed by atoms with van der Waals surface area (Å²) in [5.41, 5.74) is -0.157. The van der Waals surface area contributed by atoms with Gasteiger partial charge in [0.15, 0.2) is 0 Å². The Bertz CT molecular complexity index is 266. The Balaban J connectivity index is 2.59. The molecule has 0 aromatic rings. The summed E-state index contributed by atoms with van der Waals surface area (Å²) in [5, 5.41) is 3.55. The van der Waals surface area contributed by atoms with Crippen LogP contribution in [0.4, 0.5) is 0 Å². The lowest BCUT2D eigenvalue weighted by Gasteiger charge is -2.33. The minimum absolute atomic E-state index is 0.0473. The van der Waals surface area contributed by atoms with Crippen LogP contribution in [-0.2, 0) is 14.2 Å². The maximum atomic E-state index is 6.18. The zero-order valence-electron chi connectivity index (χ0n) is 13.4. The Labute approximate surface area is 118 Å². The molecular weight excluding hydrogens is 242 g/mol. The predicted octanol–water partition coefficient (Wildman–Crippen LogP) is 2.22. The van der Waals surface area contributed by atoms with Crippen LogP contribution in [0.3, 0.4) is 0 Å². The quantitative estimate of drug-likeness (QED) is 0.688. The summed E-state index contributed by atoms with van der Waals surface area (Å²) >= 11 is 0. The van der Waals surface area contributed by atoms with Crippen molar-refractivity contribution in [1.29, 1.82) is 0 Å². The summed E-state index contributed by atoms with van der Waals surface area (Å²) in [4.78, 5) is 0. The van der Waals surface area contributed by atoms with E-state index in [4.69, 9.17) is 14.2 Å². The van der Waals surface area contributed by atoms with Gasteiger partial charge < -0.3 is 19.5 Å². The number of ether oxygens (including phenoxy) is 3. The van der Waals surface area contributed by atoms with Crippen LogP contribution in [-0.4, -0.2) is 50.7 Å². The summed E-state index contributed by atoms with van der Waals surface area (Å²) < 4.78 is 16.9. The molecular formula is C15H31NO3. The molecule has 0 amide bonds. The molecule has 19 heavy (non-hydrogen) atoms. The van der Waals surface area contributed by atoms with Gasteiger partial charge in [-0.15, -0.1) is 0 Å². The molecule has 0 aromatic carbocycles. The van der Waals surface area contributed by atoms with Gasteiger partial charge >= 0.3 is 0 Å². The van der Waals surface area contributed by atoms with Gasteiger partial charge in [0.2, 0.25) is 0 Å². The Morgan fingerprint density at radius 2 is 1.95 bits per heavy atom. The summed E-state index contributed by atoms with van der Waals surface area (Å²) in [6, 6.07) is 0.332. The zero-order chi connectivity index (χ0) is 14.5. The number of rotatable bonds is 8. The van der Waals surface area contributed by atoms with Gasteiger partial charge in [0.1, 0.15) is 0 Å². The maximum Gasteiger partial charge on any atom is 0.0701 e. The first-order chi connectivity index (χ1) is 8.82. The minimum atomic E-state index is -0.110. The van der Waals surface area contributed by atoms with Crippen LogP contribution in [0.2, 0.25) is 0 Å². The molecule has 1 fully saturated rings. The highest BCUT2D eigenvalue weighted by Gasteiger charge is 2.48. The van der Waals surface area contributed by atoms with Crippen LogP contribution in [0.15, 0.2) is 0 Å². The van der Waals surface area contributed by atoms with Crippen LogP contribution in [0.1, 0.15) is 41.0 Å². The number of nitrogens with one attached hydrogen (secondary N) is 1. The number of hydrogen-bond donors (Lipinski definition) is 1. The smallest absolute Gasteiger partial charge is 0.0701 e. The van der Waals surface area contributed by atoms with Crippen molar-refractivity contribution in [2.24, 2.45) is 5.92 Å². The Kier molecular flexibility index (Phi) is 6.24. The molecule has 2 unspecified atom stereocenters. The van der Waals surface area contributed by atoms with E-state index in [9.17, 15) is 0 Å². The topological polar surface area (TPSA) is 39.7 Å². The van der Waals surface area contributed by atoms with Crippen molar-refractivity contribution in [2.45, 2.75) is 58.3 Å². The van der Waals surface area contributed by atoms with Gasteiger partial charge in [0.25, 0.3) is 0 Å². The molecule has 1 aliphatic rings. The van der Waals surface area contributed by atoms with Gasteiger partial charge in [0.05, 0.1) is 31.0 Å². The first kappa shape index (κ1) is 16.9. The summed E-state index contributed by atoms with van der Waals surface area (Å²) in [7, 11) is 1.70. The maximum absolute atomic E-state index is 6.18. The van der Waals surface area contributed by atoms with Gasteiger partial charge in [-0.1, -0.05) is 6.92 Å². The molecule has 0 bridgehead atoms. The third-order valence-electron chi connectivity index (χ3n) is 3.83. The molecule has 0 radical (unpaired) electrons. The van der Waals surface area contributed by atoms with Crippen molar-refractivity contribution < 1.29 is 14.2 Å². The second kappa shape index (κ2) is 7.02. The SMILES string of the molecule is CCNC(COCCOC)C1CC(C)(C)OC1(C)C. The monoisotopic (exact) mass is 273 g/mol. The predicted molar refractivity (Wildman–Crippen MR) is 77.5 cm³/mol. The summed E-state index contributed by atoms with van der Waals surface area (Å²) in [5.74, 6) is 0.463. The zero-order valence-corrected chi connectivity index (χ0v) is 13.4. The van der Waals surface area contributed by atoms with E-state index in [2.05, 4.69) is 39.9 Å². The third kappa shape index (κ3) is 5.03. The Hall–Kier alpha value is -0.160. The highest BCUT2D eigenvalue weighted by Crippen LogP contribution is 2.43. The van der Waals surface area contributed by atoms with E-state index in [0.717, 1.165) is 13.0 Å². The molecule has 4 heteroatoms. The van der Waals surface area contributed by atoms with Crippen LogP contribution < -0.4 is 5.32 Å². The molecule has 2 atom stereocenters. The molecule has 0 spiro atoms. The van der Waals surface area contributed by atoms with E-state index in [1.54, 1.807) is 7.11 Å². The first-order valence-electron chi connectivity index (χ1n) is 7.32. The largest absolute Gasteiger partial charge is 0.382 e. The minimum Gasteiger partial charge on any atom is -0.382 e. The fraction of sp³-hybridized carbons (Fsp3) is 1.00. The molecule has 0 saturated carbocycles. The molecule has 0 aliphatic carbocycles. The van der Waals surface area contributed by atoms with Gasteiger partial charge in [-0.2, -0.15) is 0 Å². The Morgan fingerprint density at radius 3 is 2.42 bits per heavy atom. The lowest BCUT2D eigenvalue weighted by atomic mass is 9.82. The lowest BCUT2D eigenvalue weighted by molar-refractivity contribution is -0.0808.